The smallest absolute Gasteiger partial charge is 0.251 e. The molecular formula is C21H22N4O3. The van der Waals surface area contributed by atoms with Crippen LogP contribution in [0.25, 0.3) is 0 Å². The van der Waals surface area contributed by atoms with Crippen LogP contribution in [0.1, 0.15) is 15.9 Å². The molecule has 0 aliphatic carbocycles. The Balaban J connectivity index is 1.52. The van der Waals surface area contributed by atoms with Gasteiger partial charge in [0.2, 0.25) is 5.95 Å². The molecule has 3 rings (SSSR count). The summed E-state index contributed by atoms with van der Waals surface area (Å²) in [6.45, 7) is 0.520. The van der Waals surface area contributed by atoms with Gasteiger partial charge in [0.25, 0.3) is 5.91 Å². The molecule has 1 amide bonds. The van der Waals surface area contributed by atoms with Crippen molar-refractivity contribution in [3.8, 4) is 11.5 Å². The van der Waals surface area contributed by atoms with E-state index in [9.17, 15) is 4.79 Å². The number of benzene rings is 2. The predicted octanol–water partition coefficient (Wildman–Crippen LogP) is 3.21. The second-order valence-electron chi connectivity index (χ2n) is 5.97. The number of amides is 1. The van der Waals surface area contributed by atoms with E-state index in [4.69, 9.17) is 9.47 Å². The summed E-state index contributed by atoms with van der Waals surface area (Å²) in [5.74, 6) is 1.75. The first-order valence-electron chi connectivity index (χ1n) is 8.83. The minimum absolute atomic E-state index is 0.122. The van der Waals surface area contributed by atoms with Crippen molar-refractivity contribution in [2.45, 2.75) is 6.42 Å². The summed E-state index contributed by atoms with van der Waals surface area (Å²) in [4.78, 5) is 20.5. The third-order valence-corrected chi connectivity index (χ3v) is 4.12. The summed E-state index contributed by atoms with van der Waals surface area (Å²) in [6, 6.07) is 14.6. The molecule has 0 radical (unpaired) electrons. The topological polar surface area (TPSA) is 85.4 Å². The SMILES string of the molecule is COc1ccc(CCNC(=O)c2ccc(Nc3ncccn3)cc2)cc1OC. The Morgan fingerprint density at radius 3 is 2.36 bits per heavy atom. The molecule has 7 nitrogen and oxygen atoms in total. The van der Waals surface area contributed by atoms with Gasteiger partial charge in [-0.3, -0.25) is 4.79 Å². The highest BCUT2D eigenvalue weighted by Crippen LogP contribution is 2.27. The molecule has 1 heterocycles. The number of ether oxygens (including phenoxy) is 2. The van der Waals surface area contributed by atoms with Crippen LogP contribution in [0.4, 0.5) is 11.6 Å². The molecule has 1 aromatic heterocycles. The largest absolute Gasteiger partial charge is 0.493 e. The molecule has 0 aliphatic rings. The van der Waals surface area contributed by atoms with Crippen LogP contribution in [-0.2, 0) is 6.42 Å². The van der Waals surface area contributed by atoms with Gasteiger partial charge >= 0.3 is 0 Å². The average molecular weight is 378 g/mol. The Morgan fingerprint density at radius 1 is 0.964 bits per heavy atom. The van der Waals surface area contributed by atoms with Crippen LogP contribution in [0.3, 0.4) is 0 Å². The number of nitrogens with one attached hydrogen (secondary N) is 2. The molecule has 0 unspecified atom stereocenters. The maximum atomic E-state index is 12.3. The zero-order chi connectivity index (χ0) is 19.8. The second kappa shape index (κ2) is 9.36. The van der Waals surface area contributed by atoms with Crippen molar-refractivity contribution in [3.05, 3.63) is 72.1 Å². The van der Waals surface area contributed by atoms with Gasteiger partial charge in [-0.05, 0) is 54.4 Å². The van der Waals surface area contributed by atoms with E-state index in [1.165, 1.54) is 0 Å². The van der Waals surface area contributed by atoms with Gasteiger partial charge < -0.3 is 20.1 Å². The van der Waals surface area contributed by atoms with Crippen LogP contribution >= 0.6 is 0 Å². The number of rotatable bonds is 8. The number of carbonyl (C=O) groups excluding carboxylic acids is 1. The molecule has 28 heavy (non-hydrogen) atoms. The molecule has 0 aliphatic heterocycles. The van der Waals surface area contributed by atoms with E-state index in [1.807, 2.05) is 30.3 Å². The fourth-order valence-electron chi connectivity index (χ4n) is 2.66. The lowest BCUT2D eigenvalue weighted by atomic mass is 10.1. The first-order chi connectivity index (χ1) is 13.7. The van der Waals surface area contributed by atoms with Gasteiger partial charge in [-0.1, -0.05) is 6.07 Å². The number of hydrogen-bond donors (Lipinski definition) is 2. The Morgan fingerprint density at radius 2 is 1.68 bits per heavy atom. The van der Waals surface area contributed by atoms with Crippen molar-refractivity contribution in [3.63, 3.8) is 0 Å². The highest BCUT2D eigenvalue weighted by Gasteiger charge is 2.07. The van der Waals surface area contributed by atoms with Crippen molar-refractivity contribution < 1.29 is 14.3 Å². The Bertz CT molecular complexity index is 915. The first-order valence-corrected chi connectivity index (χ1v) is 8.83. The van der Waals surface area contributed by atoms with Crippen LogP contribution in [-0.4, -0.2) is 36.6 Å². The third kappa shape index (κ3) is 4.97. The molecule has 0 fully saturated rings. The van der Waals surface area contributed by atoms with Crippen molar-refractivity contribution in [2.24, 2.45) is 0 Å². The molecule has 0 atom stereocenters. The van der Waals surface area contributed by atoms with Gasteiger partial charge in [0.1, 0.15) is 0 Å². The zero-order valence-electron chi connectivity index (χ0n) is 15.8. The number of carbonyl (C=O) groups is 1. The van der Waals surface area contributed by atoms with Crippen LogP contribution in [0, 0.1) is 0 Å². The van der Waals surface area contributed by atoms with Gasteiger partial charge in [0.05, 0.1) is 14.2 Å². The molecule has 0 spiro atoms. The number of anilines is 2. The van der Waals surface area contributed by atoms with Crippen molar-refractivity contribution in [2.75, 3.05) is 26.1 Å². The highest BCUT2D eigenvalue weighted by atomic mass is 16.5. The zero-order valence-corrected chi connectivity index (χ0v) is 15.8. The molecule has 0 bridgehead atoms. The predicted molar refractivity (Wildman–Crippen MR) is 107 cm³/mol. The molecule has 7 heteroatoms. The summed E-state index contributed by atoms with van der Waals surface area (Å²) >= 11 is 0. The normalized spacial score (nSPS) is 10.2. The van der Waals surface area contributed by atoms with E-state index in [0.717, 1.165) is 11.3 Å². The lowest BCUT2D eigenvalue weighted by Crippen LogP contribution is -2.25. The van der Waals surface area contributed by atoms with Crippen molar-refractivity contribution in [1.29, 1.82) is 0 Å². The van der Waals surface area contributed by atoms with E-state index in [1.54, 1.807) is 44.8 Å². The number of aromatic nitrogens is 2. The minimum Gasteiger partial charge on any atom is -0.493 e. The Hall–Kier alpha value is -3.61. The second-order valence-corrected chi connectivity index (χ2v) is 5.97. The van der Waals surface area contributed by atoms with Gasteiger partial charge in [0.15, 0.2) is 11.5 Å². The van der Waals surface area contributed by atoms with Crippen LogP contribution in [0.2, 0.25) is 0 Å². The van der Waals surface area contributed by atoms with E-state index in [0.29, 0.717) is 36.0 Å². The standard InChI is InChI=1S/C21H22N4O3/c1-27-18-9-4-15(14-19(18)28-2)10-13-22-20(26)16-5-7-17(8-6-16)25-21-23-11-3-12-24-21/h3-9,11-12,14H,10,13H2,1-2H3,(H,22,26)(H,23,24,25). The summed E-state index contributed by atoms with van der Waals surface area (Å²) in [5.41, 5.74) is 2.46. The van der Waals surface area contributed by atoms with E-state index < -0.39 is 0 Å². The maximum absolute atomic E-state index is 12.3. The molecular weight excluding hydrogens is 356 g/mol. The summed E-state index contributed by atoms with van der Waals surface area (Å²) in [7, 11) is 3.21. The monoisotopic (exact) mass is 378 g/mol. The lowest BCUT2D eigenvalue weighted by molar-refractivity contribution is 0.0954. The van der Waals surface area contributed by atoms with E-state index in [-0.39, 0.29) is 5.91 Å². The van der Waals surface area contributed by atoms with E-state index in [2.05, 4.69) is 20.6 Å². The van der Waals surface area contributed by atoms with Crippen molar-refractivity contribution >= 4 is 17.5 Å². The average Bonchev–Trinajstić information content (AvgIpc) is 2.74. The molecule has 3 aromatic rings. The summed E-state index contributed by atoms with van der Waals surface area (Å²) in [6.07, 6.45) is 4.02. The fraction of sp³-hybridized carbons (Fsp3) is 0.190. The minimum atomic E-state index is -0.122. The fourth-order valence-corrected chi connectivity index (χ4v) is 2.66. The molecule has 2 aromatic carbocycles. The molecule has 0 saturated heterocycles. The van der Waals surface area contributed by atoms with Crippen LogP contribution in [0.5, 0.6) is 11.5 Å². The van der Waals surface area contributed by atoms with Crippen molar-refractivity contribution in [1.82, 2.24) is 15.3 Å². The summed E-state index contributed by atoms with van der Waals surface area (Å²) < 4.78 is 10.5. The number of methoxy groups -OCH3 is 2. The highest BCUT2D eigenvalue weighted by molar-refractivity contribution is 5.94. The molecule has 0 saturated carbocycles. The Labute approximate surface area is 163 Å². The van der Waals surface area contributed by atoms with E-state index >= 15 is 0 Å². The summed E-state index contributed by atoms with van der Waals surface area (Å²) in [5, 5.41) is 6.01. The Kier molecular flexibility index (Phi) is 6.41. The number of hydrogen-bond acceptors (Lipinski definition) is 6. The van der Waals surface area contributed by atoms with Gasteiger partial charge in [-0.25, -0.2) is 9.97 Å². The van der Waals surface area contributed by atoms with Gasteiger partial charge in [0, 0.05) is 30.2 Å². The van der Waals surface area contributed by atoms with Gasteiger partial charge in [-0.15, -0.1) is 0 Å². The quantitative estimate of drug-likeness (QED) is 0.626. The van der Waals surface area contributed by atoms with Crippen LogP contribution < -0.4 is 20.1 Å². The van der Waals surface area contributed by atoms with Gasteiger partial charge in [-0.2, -0.15) is 0 Å². The van der Waals surface area contributed by atoms with Crippen LogP contribution in [0.15, 0.2) is 60.9 Å². The number of nitrogens with zero attached hydrogens (tertiary/aromatic N) is 2. The molecule has 144 valence electrons. The lowest BCUT2D eigenvalue weighted by Gasteiger charge is -2.10. The maximum Gasteiger partial charge on any atom is 0.251 e. The molecule has 2 N–H and O–H groups in total. The first kappa shape index (κ1) is 19.2. The third-order valence-electron chi connectivity index (χ3n) is 4.12.